The zero-order valence-corrected chi connectivity index (χ0v) is 9.89. The van der Waals surface area contributed by atoms with Gasteiger partial charge in [-0.1, -0.05) is 0 Å². The molecule has 4 nitrogen and oxygen atoms in total. The summed E-state index contributed by atoms with van der Waals surface area (Å²) in [5.74, 6) is -1.22. The molecule has 0 aliphatic carbocycles. The van der Waals surface area contributed by atoms with E-state index in [1.165, 1.54) is 22.6 Å². The van der Waals surface area contributed by atoms with Gasteiger partial charge < -0.3 is 0 Å². The number of hydrogen-bond acceptors (Lipinski definition) is 3. The minimum Gasteiger partial charge on any atom is -0.231 e. The number of sulfonamides is 1. The van der Waals surface area contributed by atoms with Gasteiger partial charge in [-0.3, -0.25) is 0 Å². The number of pyridine rings is 1. The number of primary sulfonamides is 1. The highest BCUT2D eigenvalue weighted by Crippen LogP contribution is 2.23. The molecule has 0 unspecified atom stereocenters. The zero-order chi connectivity index (χ0) is 11.8. The van der Waals surface area contributed by atoms with Crippen molar-refractivity contribution in [1.82, 2.24) is 4.98 Å². The van der Waals surface area contributed by atoms with Crippen LogP contribution in [0, 0.1) is 9.39 Å². The van der Waals surface area contributed by atoms with E-state index < -0.39 is 33.0 Å². The summed E-state index contributed by atoms with van der Waals surface area (Å²) in [5.41, 5.74) is -0.829. The second-order valence-electron chi connectivity index (χ2n) is 2.49. The number of nitrogens with two attached hydrogens (primary N) is 1. The fraction of sp³-hybridized carbons (Fsp3) is 0.167. The van der Waals surface area contributed by atoms with Crippen molar-refractivity contribution in [3.63, 3.8) is 0 Å². The molecule has 1 aromatic rings. The lowest BCUT2D eigenvalue weighted by Gasteiger charge is -2.05. The molecule has 0 spiro atoms. The summed E-state index contributed by atoms with van der Waals surface area (Å²) in [5, 5.41) is 3.45. The Kier molecular flexibility index (Phi) is 3.55. The average molecular weight is 352 g/mol. The minimum atomic E-state index is -4.44. The molecule has 0 amide bonds. The molecule has 1 aromatic heterocycles. The molecule has 0 aromatic carbocycles. The van der Waals surface area contributed by atoms with Gasteiger partial charge in [0.1, 0.15) is 5.69 Å². The fourth-order valence-corrected chi connectivity index (χ4v) is 2.14. The summed E-state index contributed by atoms with van der Waals surface area (Å²) in [4.78, 5) is 2.96. The van der Waals surface area contributed by atoms with Crippen LogP contribution in [0.15, 0.2) is 11.1 Å². The normalized spacial score (nSPS) is 12.1. The number of hydrogen-bond donors (Lipinski definition) is 1. The van der Waals surface area contributed by atoms with Gasteiger partial charge in [-0.2, -0.15) is 0 Å². The molecule has 0 aliphatic rings. The maximum absolute atomic E-state index is 13.2. The van der Waals surface area contributed by atoms with Gasteiger partial charge in [-0.05, 0) is 28.7 Å². The van der Waals surface area contributed by atoms with E-state index in [9.17, 15) is 21.6 Å². The van der Waals surface area contributed by atoms with Crippen LogP contribution >= 0.6 is 22.6 Å². The SMILES string of the molecule is NS(=O)(=O)c1nc(C(F)F)cc(I)c1F. The molecule has 2 N–H and O–H groups in total. The van der Waals surface area contributed by atoms with Crippen molar-refractivity contribution >= 4 is 32.6 Å². The van der Waals surface area contributed by atoms with Crippen molar-refractivity contribution in [2.24, 2.45) is 5.14 Å². The molecule has 84 valence electrons. The third-order valence-electron chi connectivity index (χ3n) is 1.40. The standard InChI is InChI=1S/C6H4F3IN2O2S/c7-4-2(10)1-3(5(8)9)12-6(4)15(11,13)14/h1,5H,(H2,11,13,14). The highest BCUT2D eigenvalue weighted by molar-refractivity contribution is 14.1. The Labute approximate surface area is 96.9 Å². The maximum atomic E-state index is 13.2. The number of halogens is 4. The van der Waals surface area contributed by atoms with Crippen molar-refractivity contribution < 1.29 is 21.6 Å². The Balaban J connectivity index is 3.52. The quantitative estimate of drug-likeness (QED) is 0.818. The van der Waals surface area contributed by atoms with Crippen molar-refractivity contribution in [2.45, 2.75) is 11.5 Å². The van der Waals surface area contributed by atoms with Gasteiger partial charge in [0.25, 0.3) is 16.4 Å². The lowest BCUT2D eigenvalue weighted by molar-refractivity contribution is 0.145. The van der Waals surface area contributed by atoms with Gasteiger partial charge >= 0.3 is 0 Å². The van der Waals surface area contributed by atoms with E-state index in [0.717, 1.165) is 6.07 Å². The highest BCUT2D eigenvalue weighted by Gasteiger charge is 2.23. The second-order valence-corrected chi connectivity index (χ2v) is 5.13. The minimum absolute atomic E-state index is 0.276. The molecular weight excluding hydrogens is 348 g/mol. The van der Waals surface area contributed by atoms with E-state index in [2.05, 4.69) is 10.1 Å². The molecule has 0 atom stereocenters. The maximum Gasteiger partial charge on any atom is 0.280 e. The largest absolute Gasteiger partial charge is 0.280 e. The Morgan fingerprint density at radius 1 is 1.47 bits per heavy atom. The highest BCUT2D eigenvalue weighted by atomic mass is 127. The second kappa shape index (κ2) is 4.22. The summed E-state index contributed by atoms with van der Waals surface area (Å²) < 4.78 is 59.0. The first kappa shape index (κ1) is 12.6. The molecule has 9 heteroatoms. The van der Waals surface area contributed by atoms with Crippen molar-refractivity contribution in [1.29, 1.82) is 0 Å². The molecular formula is C6H4F3IN2O2S. The summed E-state index contributed by atoms with van der Waals surface area (Å²) in [6.07, 6.45) is -2.99. The molecule has 1 heterocycles. The van der Waals surface area contributed by atoms with E-state index >= 15 is 0 Å². The van der Waals surface area contributed by atoms with Crippen LogP contribution < -0.4 is 5.14 Å². The van der Waals surface area contributed by atoms with E-state index in [1.807, 2.05) is 0 Å². The Bertz CT molecular complexity index is 491. The first-order chi connectivity index (χ1) is 6.73. The van der Waals surface area contributed by atoms with Gasteiger partial charge in [0.05, 0.1) is 3.57 Å². The lowest BCUT2D eigenvalue weighted by atomic mass is 10.3. The number of alkyl halides is 2. The van der Waals surface area contributed by atoms with Crippen molar-refractivity contribution in [2.75, 3.05) is 0 Å². The third kappa shape index (κ3) is 2.78. The van der Waals surface area contributed by atoms with E-state index in [-0.39, 0.29) is 3.57 Å². The van der Waals surface area contributed by atoms with Gasteiger partial charge in [-0.25, -0.2) is 31.7 Å². The van der Waals surface area contributed by atoms with Crippen LogP contribution in [0.5, 0.6) is 0 Å². The fourth-order valence-electron chi connectivity index (χ4n) is 0.794. The van der Waals surface area contributed by atoms with Crippen molar-refractivity contribution in [3.05, 3.63) is 21.1 Å². The summed E-state index contributed by atoms with van der Waals surface area (Å²) in [7, 11) is -4.44. The monoisotopic (exact) mass is 352 g/mol. The smallest absolute Gasteiger partial charge is 0.231 e. The van der Waals surface area contributed by atoms with E-state index in [0.29, 0.717) is 0 Å². The predicted molar refractivity (Wildman–Crippen MR) is 53.2 cm³/mol. The number of aromatic nitrogens is 1. The number of nitrogens with zero attached hydrogens (tertiary/aromatic N) is 1. The van der Waals surface area contributed by atoms with Gasteiger partial charge in [0.2, 0.25) is 5.03 Å². The van der Waals surface area contributed by atoms with Crippen LogP contribution in [0.1, 0.15) is 12.1 Å². The molecule has 15 heavy (non-hydrogen) atoms. The van der Waals surface area contributed by atoms with Crippen LogP contribution in [0.4, 0.5) is 13.2 Å². The average Bonchev–Trinajstić information content (AvgIpc) is 2.06. The van der Waals surface area contributed by atoms with Crippen LogP contribution in [0.3, 0.4) is 0 Å². The first-order valence-electron chi connectivity index (χ1n) is 3.40. The Morgan fingerprint density at radius 2 is 2.00 bits per heavy atom. The third-order valence-corrected chi connectivity index (χ3v) is 2.99. The van der Waals surface area contributed by atoms with E-state index in [4.69, 9.17) is 0 Å². The molecule has 0 bridgehead atoms. The van der Waals surface area contributed by atoms with Gasteiger partial charge in [0.15, 0.2) is 5.82 Å². The van der Waals surface area contributed by atoms with Crippen LogP contribution in [0.2, 0.25) is 0 Å². The van der Waals surface area contributed by atoms with Crippen LogP contribution in [-0.4, -0.2) is 13.4 Å². The Morgan fingerprint density at radius 3 is 2.40 bits per heavy atom. The molecule has 0 saturated carbocycles. The van der Waals surface area contributed by atoms with Crippen LogP contribution in [-0.2, 0) is 10.0 Å². The van der Waals surface area contributed by atoms with Crippen LogP contribution in [0.25, 0.3) is 0 Å². The zero-order valence-electron chi connectivity index (χ0n) is 6.92. The molecule has 0 saturated heterocycles. The summed E-state index contributed by atoms with van der Waals surface area (Å²) in [6.45, 7) is 0. The van der Waals surface area contributed by atoms with E-state index in [1.54, 1.807) is 0 Å². The molecule has 0 aliphatic heterocycles. The van der Waals surface area contributed by atoms with Gasteiger partial charge in [0, 0.05) is 0 Å². The Hall–Kier alpha value is -0.420. The molecule has 1 rings (SSSR count). The molecule has 0 radical (unpaired) electrons. The number of rotatable bonds is 2. The lowest BCUT2D eigenvalue weighted by Crippen LogP contribution is -2.17. The predicted octanol–water partition coefficient (Wildman–Crippen LogP) is 1.41. The summed E-state index contributed by atoms with van der Waals surface area (Å²) in [6, 6.07) is 0.759. The molecule has 0 fully saturated rings. The van der Waals surface area contributed by atoms with Crippen molar-refractivity contribution in [3.8, 4) is 0 Å². The first-order valence-corrected chi connectivity index (χ1v) is 6.03. The summed E-state index contributed by atoms with van der Waals surface area (Å²) >= 11 is 1.38. The topological polar surface area (TPSA) is 73.1 Å². The van der Waals surface area contributed by atoms with Gasteiger partial charge in [-0.15, -0.1) is 0 Å².